The van der Waals surface area contributed by atoms with Crippen LogP contribution in [0.4, 0.5) is 0 Å². The maximum absolute atomic E-state index is 12.3. The summed E-state index contributed by atoms with van der Waals surface area (Å²) in [6.07, 6.45) is 2.89. The highest BCUT2D eigenvalue weighted by atomic mass is 32.2. The Morgan fingerprint density at radius 2 is 2.19 bits per heavy atom. The molecule has 2 aromatic rings. The molecular formula is C16H21NO3S. The number of thioether (sulfide) groups is 1. The number of ether oxygens (including phenoxy) is 1. The van der Waals surface area contributed by atoms with Gasteiger partial charge in [-0.25, -0.2) is 9.78 Å². The lowest BCUT2D eigenvalue weighted by molar-refractivity contribution is 0.0525. The van der Waals surface area contributed by atoms with E-state index >= 15 is 0 Å². The first kappa shape index (κ1) is 15.9. The number of nitrogens with zero attached hydrogens (tertiary/aromatic N) is 1. The van der Waals surface area contributed by atoms with Gasteiger partial charge in [0.2, 0.25) is 5.71 Å². The van der Waals surface area contributed by atoms with Crippen molar-refractivity contribution in [3.05, 3.63) is 23.6 Å². The van der Waals surface area contributed by atoms with Crippen LogP contribution in [-0.2, 0) is 4.74 Å². The van der Waals surface area contributed by atoms with Crippen LogP contribution in [0.15, 0.2) is 21.6 Å². The van der Waals surface area contributed by atoms with Gasteiger partial charge in [-0.1, -0.05) is 20.8 Å². The Hall–Kier alpha value is -1.49. The van der Waals surface area contributed by atoms with E-state index < -0.39 is 0 Å². The summed E-state index contributed by atoms with van der Waals surface area (Å²) in [6, 6.07) is 1.98. The molecule has 0 saturated heterocycles. The van der Waals surface area contributed by atoms with Gasteiger partial charge in [-0.3, -0.25) is 0 Å². The van der Waals surface area contributed by atoms with Gasteiger partial charge in [-0.05, 0) is 25.2 Å². The lowest BCUT2D eigenvalue weighted by Gasteiger charge is -2.05. The minimum absolute atomic E-state index is 0.102. The standard InChI is InChI=1S/C16H21NO3S/c1-5-7-21-11-8-12-13(16(18)19-6-2)14(10(3)4)20-15(12)17-9-11/h8-10H,5-7H2,1-4H3. The van der Waals surface area contributed by atoms with E-state index in [2.05, 4.69) is 11.9 Å². The van der Waals surface area contributed by atoms with Crippen molar-refractivity contribution < 1.29 is 13.9 Å². The number of fused-ring (bicyclic) bond motifs is 1. The molecule has 5 heteroatoms. The summed E-state index contributed by atoms with van der Waals surface area (Å²) in [6.45, 7) is 8.27. The van der Waals surface area contributed by atoms with Crippen molar-refractivity contribution in [2.45, 2.75) is 44.9 Å². The van der Waals surface area contributed by atoms with Crippen molar-refractivity contribution in [1.29, 1.82) is 0 Å². The minimum Gasteiger partial charge on any atom is -0.462 e. The number of carbonyl (C=O) groups is 1. The Morgan fingerprint density at radius 1 is 1.43 bits per heavy atom. The monoisotopic (exact) mass is 307 g/mol. The highest BCUT2D eigenvalue weighted by Crippen LogP contribution is 2.33. The van der Waals surface area contributed by atoms with E-state index in [0.29, 0.717) is 23.6 Å². The average Bonchev–Trinajstić information content (AvgIpc) is 2.84. The number of rotatable bonds is 6. The number of esters is 1. The highest BCUT2D eigenvalue weighted by molar-refractivity contribution is 7.99. The molecule has 21 heavy (non-hydrogen) atoms. The van der Waals surface area contributed by atoms with Gasteiger partial charge in [0.05, 0.1) is 12.0 Å². The van der Waals surface area contributed by atoms with Gasteiger partial charge in [-0.15, -0.1) is 11.8 Å². The SMILES string of the molecule is CCCSc1cnc2oc(C(C)C)c(C(=O)OCC)c2c1. The second-order valence-electron chi connectivity index (χ2n) is 5.09. The largest absolute Gasteiger partial charge is 0.462 e. The van der Waals surface area contributed by atoms with Crippen molar-refractivity contribution in [2.75, 3.05) is 12.4 Å². The first-order chi connectivity index (χ1) is 10.1. The van der Waals surface area contributed by atoms with E-state index in [-0.39, 0.29) is 11.9 Å². The predicted octanol–water partition coefficient (Wildman–Crippen LogP) is 4.63. The normalized spacial score (nSPS) is 11.3. The Kier molecular flexibility index (Phi) is 5.28. The molecule has 2 rings (SSSR count). The zero-order valence-corrected chi connectivity index (χ0v) is 13.8. The smallest absolute Gasteiger partial charge is 0.342 e. The summed E-state index contributed by atoms with van der Waals surface area (Å²) in [5.41, 5.74) is 1.02. The summed E-state index contributed by atoms with van der Waals surface area (Å²) in [5.74, 6) is 1.44. The zero-order chi connectivity index (χ0) is 15.4. The summed E-state index contributed by atoms with van der Waals surface area (Å²) in [5, 5.41) is 0.748. The van der Waals surface area contributed by atoms with Crippen LogP contribution in [0.3, 0.4) is 0 Å². The molecule has 0 aliphatic heterocycles. The highest BCUT2D eigenvalue weighted by Gasteiger charge is 2.24. The maximum atomic E-state index is 12.3. The Morgan fingerprint density at radius 3 is 2.81 bits per heavy atom. The number of hydrogen-bond donors (Lipinski definition) is 0. The topological polar surface area (TPSA) is 52.3 Å². The van der Waals surface area contributed by atoms with E-state index in [1.54, 1.807) is 24.9 Å². The summed E-state index contributed by atoms with van der Waals surface area (Å²) < 4.78 is 10.9. The van der Waals surface area contributed by atoms with Crippen molar-refractivity contribution in [1.82, 2.24) is 4.98 Å². The Bertz CT molecular complexity index is 634. The first-order valence-electron chi connectivity index (χ1n) is 7.30. The van der Waals surface area contributed by atoms with E-state index in [1.807, 2.05) is 19.9 Å². The van der Waals surface area contributed by atoms with Gasteiger partial charge >= 0.3 is 5.97 Å². The molecule has 0 radical (unpaired) electrons. The van der Waals surface area contributed by atoms with Crippen LogP contribution in [0.5, 0.6) is 0 Å². The lowest BCUT2D eigenvalue weighted by Crippen LogP contribution is -2.07. The van der Waals surface area contributed by atoms with Crippen LogP contribution in [-0.4, -0.2) is 23.3 Å². The fraction of sp³-hybridized carbons (Fsp3) is 0.500. The van der Waals surface area contributed by atoms with E-state index in [4.69, 9.17) is 9.15 Å². The van der Waals surface area contributed by atoms with E-state index in [1.165, 1.54) is 0 Å². The molecule has 114 valence electrons. The summed E-state index contributed by atoms with van der Waals surface area (Å²) in [7, 11) is 0. The fourth-order valence-electron chi connectivity index (χ4n) is 2.10. The number of furan rings is 1. The lowest BCUT2D eigenvalue weighted by atomic mass is 10.0. The number of hydrogen-bond acceptors (Lipinski definition) is 5. The third-order valence-electron chi connectivity index (χ3n) is 3.03. The Balaban J connectivity index is 2.53. The third kappa shape index (κ3) is 3.40. The van der Waals surface area contributed by atoms with Gasteiger partial charge in [0.15, 0.2) is 0 Å². The molecule has 2 heterocycles. The molecule has 0 unspecified atom stereocenters. The Labute approximate surface area is 129 Å². The molecule has 0 atom stereocenters. The third-order valence-corrected chi connectivity index (χ3v) is 4.19. The molecule has 0 amide bonds. The predicted molar refractivity (Wildman–Crippen MR) is 85.1 cm³/mol. The number of carbonyl (C=O) groups excluding carboxylic acids is 1. The van der Waals surface area contributed by atoms with Crippen LogP contribution in [0, 0.1) is 0 Å². The molecule has 0 saturated carbocycles. The molecule has 0 spiro atoms. The van der Waals surface area contributed by atoms with Gasteiger partial charge in [0.25, 0.3) is 0 Å². The molecule has 0 aliphatic rings. The number of pyridine rings is 1. The minimum atomic E-state index is -0.334. The molecule has 0 aromatic carbocycles. The van der Waals surface area contributed by atoms with E-state index in [9.17, 15) is 4.79 Å². The summed E-state index contributed by atoms with van der Waals surface area (Å²) >= 11 is 1.73. The van der Waals surface area contributed by atoms with Crippen LogP contribution in [0.2, 0.25) is 0 Å². The molecule has 4 nitrogen and oxygen atoms in total. The van der Waals surface area contributed by atoms with Crippen molar-refractivity contribution in [3.63, 3.8) is 0 Å². The van der Waals surface area contributed by atoms with Crippen molar-refractivity contribution in [2.24, 2.45) is 0 Å². The quantitative estimate of drug-likeness (QED) is 0.575. The fourth-order valence-corrected chi connectivity index (χ4v) is 2.87. The van der Waals surface area contributed by atoms with Gasteiger partial charge < -0.3 is 9.15 Å². The molecule has 2 aromatic heterocycles. The molecule has 0 aliphatic carbocycles. The molecule has 0 N–H and O–H groups in total. The van der Waals surface area contributed by atoms with Gasteiger partial charge in [-0.2, -0.15) is 0 Å². The average molecular weight is 307 g/mol. The van der Waals surface area contributed by atoms with Crippen LogP contribution in [0.25, 0.3) is 11.1 Å². The molecule has 0 bridgehead atoms. The van der Waals surface area contributed by atoms with E-state index in [0.717, 1.165) is 22.5 Å². The van der Waals surface area contributed by atoms with Gasteiger partial charge in [0, 0.05) is 17.0 Å². The molecular weight excluding hydrogens is 286 g/mol. The van der Waals surface area contributed by atoms with Crippen LogP contribution < -0.4 is 0 Å². The van der Waals surface area contributed by atoms with Crippen LogP contribution >= 0.6 is 11.8 Å². The zero-order valence-electron chi connectivity index (χ0n) is 12.9. The van der Waals surface area contributed by atoms with Crippen molar-refractivity contribution in [3.8, 4) is 0 Å². The number of aromatic nitrogens is 1. The van der Waals surface area contributed by atoms with Crippen molar-refractivity contribution >= 4 is 28.8 Å². The second-order valence-corrected chi connectivity index (χ2v) is 6.26. The first-order valence-corrected chi connectivity index (χ1v) is 8.29. The maximum Gasteiger partial charge on any atom is 0.342 e. The molecule has 0 fully saturated rings. The van der Waals surface area contributed by atoms with Crippen LogP contribution in [0.1, 0.15) is 56.2 Å². The van der Waals surface area contributed by atoms with Gasteiger partial charge in [0.1, 0.15) is 11.3 Å². The summed E-state index contributed by atoms with van der Waals surface area (Å²) in [4.78, 5) is 17.6. The second kappa shape index (κ2) is 6.98.